The Kier molecular flexibility index (Phi) is 4.45. The van der Waals surface area contributed by atoms with Crippen molar-refractivity contribution in [3.05, 3.63) is 23.8 Å². The summed E-state index contributed by atoms with van der Waals surface area (Å²) >= 11 is 0. The van der Waals surface area contributed by atoms with E-state index >= 15 is 0 Å². The minimum Gasteiger partial charge on any atom is -0.385 e. The molecular weight excluding hydrogens is 226 g/mol. The maximum atomic E-state index is 11.6. The van der Waals surface area contributed by atoms with Crippen molar-refractivity contribution in [2.45, 2.75) is 32.6 Å². The first-order chi connectivity index (χ1) is 8.79. The molecule has 0 bridgehead atoms. The molecule has 3 N–H and O–H groups in total. The summed E-state index contributed by atoms with van der Waals surface area (Å²) in [6, 6.07) is 5.93. The maximum absolute atomic E-state index is 11.6. The van der Waals surface area contributed by atoms with E-state index < -0.39 is 0 Å². The first kappa shape index (κ1) is 12.7. The van der Waals surface area contributed by atoms with Gasteiger partial charge in [-0.05, 0) is 37.0 Å². The third-order valence-corrected chi connectivity index (χ3v) is 3.12. The highest BCUT2D eigenvalue weighted by molar-refractivity contribution is 5.90. The molecular formula is C14H21N3O. The van der Waals surface area contributed by atoms with Crippen molar-refractivity contribution in [3.8, 4) is 0 Å². The zero-order chi connectivity index (χ0) is 12.8. The van der Waals surface area contributed by atoms with Crippen LogP contribution in [0.1, 0.15) is 31.7 Å². The van der Waals surface area contributed by atoms with Gasteiger partial charge in [0.05, 0.1) is 0 Å². The molecule has 0 saturated heterocycles. The van der Waals surface area contributed by atoms with Crippen molar-refractivity contribution in [2.24, 2.45) is 0 Å². The molecule has 0 saturated carbocycles. The number of anilines is 2. The highest BCUT2D eigenvalue weighted by atomic mass is 16.2. The fraction of sp³-hybridized carbons (Fsp3) is 0.500. The molecule has 98 valence electrons. The molecule has 0 atom stereocenters. The number of carbonyl (C=O) groups is 1. The zero-order valence-corrected chi connectivity index (χ0v) is 10.9. The minimum absolute atomic E-state index is 0.126. The molecule has 0 aliphatic carbocycles. The van der Waals surface area contributed by atoms with Crippen LogP contribution in [0.5, 0.6) is 0 Å². The van der Waals surface area contributed by atoms with Crippen molar-refractivity contribution >= 4 is 17.4 Å². The summed E-state index contributed by atoms with van der Waals surface area (Å²) in [4.78, 5) is 11.6. The van der Waals surface area contributed by atoms with E-state index in [0.717, 1.165) is 43.7 Å². The summed E-state index contributed by atoms with van der Waals surface area (Å²) in [5.41, 5.74) is 3.32. The molecule has 1 aliphatic rings. The van der Waals surface area contributed by atoms with Crippen LogP contribution in [0.25, 0.3) is 0 Å². The molecule has 0 unspecified atom stereocenters. The van der Waals surface area contributed by atoms with Crippen LogP contribution in [-0.4, -0.2) is 19.1 Å². The van der Waals surface area contributed by atoms with E-state index in [9.17, 15) is 4.79 Å². The van der Waals surface area contributed by atoms with Gasteiger partial charge in [-0.15, -0.1) is 0 Å². The van der Waals surface area contributed by atoms with Crippen LogP contribution in [0.4, 0.5) is 16.2 Å². The number of unbranched alkanes of at least 4 members (excludes halogenated alkanes) is 1. The molecule has 18 heavy (non-hydrogen) atoms. The molecule has 1 aromatic rings. The van der Waals surface area contributed by atoms with Gasteiger partial charge in [-0.2, -0.15) is 0 Å². The number of rotatable bonds is 4. The number of benzene rings is 1. The van der Waals surface area contributed by atoms with Gasteiger partial charge in [0.2, 0.25) is 0 Å². The average molecular weight is 247 g/mol. The molecule has 0 radical (unpaired) electrons. The van der Waals surface area contributed by atoms with E-state index in [1.54, 1.807) is 0 Å². The van der Waals surface area contributed by atoms with Crippen molar-refractivity contribution in [1.29, 1.82) is 0 Å². The largest absolute Gasteiger partial charge is 0.385 e. The third kappa shape index (κ3) is 3.39. The smallest absolute Gasteiger partial charge is 0.319 e. The first-order valence-corrected chi connectivity index (χ1v) is 6.71. The molecule has 2 amide bonds. The molecule has 1 aromatic carbocycles. The molecule has 0 aromatic heterocycles. The predicted molar refractivity (Wildman–Crippen MR) is 75.2 cm³/mol. The van der Waals surface area contributed by atoms with Crippen LogP contribution in [0.2, 0.25) is 0 Å². The quantitative estimate of drug-likeness (QED) is 0.716. The number of hydrogen-bond donors (Lipinski definition) is 3. The Morgan fingerprint density at radius 3 is 3.17 bits per heavy atom. The summed E-state index contributed by atoms with van der Waals surface area (Å²) in [5.74, 6) is 0. The maximum Gasteiger partial charge on any atom is 0.319 e. The van der Waals surface area contributed by atoms with Gasteiger partial charge in [-0.3, -0.25) is 0 Å². The molecule has 0 fully saturated rings. The number of amides is 2. The van der Waals surface area contributed by atoms with E-state index in [-0.39, 0.29) is 6.03 Å². The second-order valence-corrected chi connectivity index (χ2v) is 4.64. The van der Waals surface area contributed by atoms with Crippen molar-refractivity contribution in [3.63, 3.8) is 0 Å². The lowest BCUT2D eigenvalue weighted by atomic mass is 10.0. The van der Waals surface area contributed by atoms with Gasteiger partial charge in [0.25, 0.3) is 0 Å². The Morgan fingerprint density at radius 2 is 2.33 bits per heavy atom. The Labute approximate surface area is 108 Å². The van der Waals surface area contributed by atoms with Gasteiger partial charge < -0.3 is 16.0 Å². The summed E-state index contributed by atoms with van der Waals surface area (Å²) in [6.45, 7) is 3.85. The third-order valence-electron chi connectivity index (χ3n) is 3.12. The standard InChI is InChI=1S/C14H21N3O/c1-2-3-8-16-14(18)17-12-7-6-11-5-4-9-15-13(11)10-12/h6-7,10,15H,2-5,8-9H2,1H3,(H2,16,17,18). The van der Waals surface area contributed by atoms with Gasteiger partial charge in [-0.25, -0.2) is 4.79 Å². The first-order valence-electron chi connectivity index (χ1n) is 6.71. The lowest BCUT2D eigenvalue weighted by Gasteiger charge is -2.19. The average Bonchev–Trinajstić information content (AvgIpc) is 2.39. The Hall–Kier alpha value is -1.71. The van der Waals surface area contributed by atoms with E-state index in [1.807, 2.05) is 12.1 Å². The van der Waals surface area contributed by atoms with Gasteiger partial charge in [0.1, 0.15) is 0 Å². The van der Waals surface area contributed by atoms with Crippen LogP contribution in [0.3, 0.4) is 0 Å². The van der Waals surface area contributed by atoms with Crippen LogP contribution < -0.4 is 16.0 Å². The van der Waals surface area contributed by atoms with Gasteiger partial charge in [0.15, 0.2) is 0 Å². The minimum atomic E-state index is -0.126. The number of aryl methyl sites for hydroxylation is 1. The fourth-order valence-electron chi connectivity index (χ4n) is 2.09. The zero-order valence-electron chi connectivity index (χ0n) is 10.9. The van der Waals surface area contributed by atoms with Crippen LogP contribution >= 0.6 is 0 Å². The van der Waals surface area contributed by atoms with E-state index in [1.165, 1.54) is 12.0 Å². The summed E-state index contributed by atoms with van der Waals surface area (Å²) in [7, 11) is 0. The predicted octanol–water partition coefficient (Wildman–Crippen LogP) is 2.97. The number of carbonyl (C=O) groups excluding carboxylic acids is 1. The summed E-state index contributed by atoms with van der Waals surface area (Å²) in [5, 5.41) is 9.06. The molecule has 2 rings (SSSR count). The highest BCUT2D eigenvalue weighted by Crippen LogP contribution is 2.25. The van der Waals surface area contributed by atoms with Crippen molar-refractivity contribution in [1.82, 2.24) is 5.32 Å². The number of urea groups is 1. The second-order valence-electron chi connectivity index (χ2n) is 4.64. The normalized spacial score (nSPS) is 13.4. The topological polar surface area (TPSA) is 53.2 Å². The SMILES string of the molecule is CCCCNC(=O)Nc1ccc2c(c1)NCCC2. The van der Waals surface area contributed by atoms with Gasteiger partial charge >= 0.3 is 6.03 Å². The summed E-state index contributed by atoms with van der Waals surface area (Å²) in [6.07, 6.45) is 4.39. The molecule has 1 aliphatic heterocycles. The highest BCUT2D eigenvalue weighted by Gasteiger charge is 2.09. The molecule has 1 heterocycles. The lowest BCUT2D eigenvalue weighted by Crippen LogP contribution is -2.29. The van der Waals surface area contributed by atoms with Crippen molar-refractivity contribution in [2.75, 3.05) is 23.7 Å². The van der Waals surface area contributed by atoms with Gasteiger partial charge in [0, 0.05) is 24.5 Å². The number of fused-ring (bicyclic) bond motifs is 1. The second kappa shape index (κ2) is 6.28. The van der Waals surface area contributed by atoms with E-state index in [0.29, 0.717) is 0 Å². The lowest BCUT2D eigenvalue weighted by molar-refractivity contribution is 0.252. The summed E-state index contributed by atoms with van der Waals surface area (Å²) < 4.78 is 0. The Bertz CT molecular complexity index is 418. The molecule has 4 heteroatoms. The van der Waals surface area contributed by atoms with Crippen LogP contribution in [0, 0.1) is 0 Å². The number of nitrogens with one attached hydrogen (secondary N) is 3. The van der Waals surface area contributed by atoms with Crippen molar-refractivity contribution < 1.29 is 4.79 Å². The fourth-order valence-corrected chi connectivity index (χ4v) is 2.09. The van der Waals surface area contributed by atoms with Crippen LogP contribution in [-0.2, 0) is 6.42 Å². The molecule has 0 spiro atoms. The number of hydrogen-bond acceptors (Lipinski definition) is 2. The van der Waals surface area contributed by atoms with Crippen LogP contribution in [0.15, 0.2) is 18.2 Å². The van der Waals surface area contributed by atoms with E-state index in [2.05, 4.69) is 28.9 Å². The Balaban J connectivity index is 1.91. The monoisotopic (exact) mass is 247 g/mol. The molecule has 4 nitrogen and oxygen atoms in total. The Morgan fingerprint density at radius 1 is 1.44 bits per heavy atom. The van der Waals surface area contributed by atoms with E-state index in [4.69, 9.17) is 0 Å². The van der Waals surface area contributed by atoms with Gasteiger partial charge in [-0.1, -0.05) is 19.4 Å².